The highest BCUT2D eigenvalue weighted by molar-refractivity contribution is 5.92. The Kier molecular flexibility index (Phi) is 5.59. The number of hydrogen-bond acceptors (Lipinski definition) is 3. The predicted molar refractivity (Wildman–Crippen MR) is 104 cm³/mol. The number of nitrogens with zero attached hydrogens (tertiary/aromatic N) is 4. The lowest BCUT2D eigenvalue weighted by Gasteiger charge is -2.19. The maximum absolute atomic E-state index is 12.6. The van der Waals surface area contributed by atoms with Gasteiger partial charge in [0.25, 0.3) is 0 Å². The Bertz CT molecular complexity index is 857. The van der Waals surface area contributed by atoms with Gasteiger partial charge in [-0.15, -0.1) is 0 Å². The summed E-state index contributed by atoms with van der Waals surface area (Å²) in [7, 11) is 0. The van der Waals surface area contributed by atoms with Crippen LogP contribution in [-0.4, -0.2) is 57.7 Å². The molecule has 7 heteroatoms. The van der Waals surface area contributed by atoms with E-state index in [1.807, 2.05) is 54.9 Å². The van der Waals surface area contributed by atoms with Gasteiger partial charge >= 0.3 is 6.03 Å². The molecule has 1 saturated heterocycles. The Morgan fingerprint density at radius 3 is 2.41 bits per heavy atom. The van der Waals surface area contributed by atoms with Crippen molar-refractivity contribution in [1.29, 1.82) is 0 Å². The second-order valence-electron chi connectivity index (χ2n) is 6.67. The van der Waals surface area contributed by atoms with E-state index in [0.717, 1.165) is 29.1 Å². The molecule has 0 saturated carbocycles. The molecule has 0 spiro atoms. The number of nitrogens with two attached hydrogens (primary N) is 1. The van der Waals surface area contributed by atoms with Crippen LogP contribution in [0.5, 0.6) is 0 Å². The molecule has 1 aliphatic rings. The fraction of sp³-hybridized carbons (Fsp3) is 0.350. The first-order chi connectivity index (χ1) is 13.0. The van der Waals surface area contributed by atoms with E-state index in [1.54, 1.807) is 15.9 Å². The molecule has 7 nitrogen and oxygen atoms in total. The maximum atomic E-state index is 12.6. The van der Waals surface area contributed by atoms with Gasteiger partial charge in [0.15, 0.2) is 0 Å². The number of rotatable bonds is 3. The van der Waals surface area contributed by atoms with Gasteiger partial charge in [0.1, 0.15) is 0 Å². The van der Waals surface area contributed by atoms with E-state index >= 15 is 0 Å². The van der Waals surface area contributed by atoms with E-state index in [4.69, 9.17) is 5.73 Å². The summed E-state index contributed by atoms with van der Waals surface area (Å²) >= 11 is 0. The summed E-state index contributed by atoms with van der Waals surface area (Å²) in [5.74, 6) is -0.0624. The lowest BCUT2D eigenvalue weighted by molar-refractivity contribution is -0.125. The van der Waals surface area contributed by atoms with Gasteiger partial charge in [-0.3, -0.25) is 4.79 Å². The molecule has 2 heterocycles. The molecule has 3 amide bonds. The summed E-state index contributed by atoms with van der Waals surface area (Å²) in [4.78, 5) is 27.2. The van der Waals surface area contributed by atoms with Crippen LogP contribution < -0.4 is 5.73 Å². The van der Waals surface area contributed by atoms with Crippen molar-refractivity contribution in [3.05, 3.63) is 53.4 Å². The van der Waals surface area contributed by atoms with Gasteiger partial charge in [-0.1, -0.05) is 18.2 Å². The largest absolute Gasteiger partial charge is 0.351 e. The minimum absolute atomic E-state index is 0.0624. The molecule has 1 fully saturated rings. The van der Waals surface area contributed by atoms with Crippen LogP contribution in [0.25, 0.3) is 11.8 Å². The van der Waals surface area contributed by atoms with E-state index in [2.05, 4.69) is 5.10 Å². The molecule has 0 aliphatic carbocycles. The van der Waals surface area contributed by atoms with Crippen molar-refractivity contribution in [1.82, 2.24) is 19.6 Å². The maximum Gasteiger partial charge on any atom is 0.314 e. The number of amides is 3. The molecule has 0 bridgehead atoms. The molecule has 0 atom stereocenters. The summed E-state index contributed by atoms with van der Waals surface area (Å²) in [5.41, 5.74) is 9.13. The number of hydrogen-bond donors (Lipinski definition) is 1. The average molecular weight is 367 g/mol. The van der Waals surface area contributed by atoms with E-state index in [0.29, 0.717) is 26.2 Å². The number of aryl methyl sites for hydroxylation is 1. The molecule has 2 N–H and O–H groups in total. The van der Waals surface area contributed by atoms with Gasteiger partial charge < -0.3 is 15.5 Å². The number of carbonyl (C=O) groups is 2. The standard InChI is InChI=1S/C20H25N5O2/c1-15-18(16(2)25(22-15)17-7-4-3-5-8-17)9-10-19(26)23-11-6-12-24(14-13-23)20(21)27/h3-5,7-10H,6,11-14H2,1-2H3,(H2,21,27)/b10-9+. The van der Waals surface area contributed by atoms with Crippen LogP contribution >= 0.6 is 0 Å². The zero-order valence-electron chi connectivity index (χ0n) is 15.8. The molecule has 2 aromatic rings. The summed E-state index contributed by atoms with van der Waals surface area (Å²) in [6.07, 6.45) is 4.15. The number of urea groups is 1. The van der Waals surface area contributed by atoms with Crippen molar-refractivity contribution >= 4 is 18.0 Å². The molecular formula is C20H25N5O2. The first-order valence-electron chi connectivity index (χ1n) is 9.10. The molecule has 0 unspecified atom stereocenters. The van der Waals surface area contributed by atoms with Crippen molar-refractivity contribution in [2.75, 3.05) is 26.2 Å². The first-order valence-corrected chi connectivity index (χ1v) is 9.10. The minimum Gasteiger partial charge on any atom is -0.351 e. The molecular weight excluding hydrogens is 342 g/mol. The summed E-state index contributed by atoms with van der Waals surface area (Å²) in [6, 6.07) is 9.48. The van der Waals surface area contributed by atoms with E-state index < -0.39 is 6.03 Å². The fourth-order valence-electron chi connectivity index (χ4n) is 3.33. The number of primary amides is 1. The van der Waals surface area contributed by atoms with Gasteiger partial charge in [-0.2, -0.15) is 5.10 Å². The zero-order chi connectivity index (χ0) is 19.4. The van der Waals surface area contributed by atoms with Crippen molar-refractivity contribution in [2.24, 2.45) is 5.73 Å². The average Bonchev–Trinajstić information content (AvgIpc) is 2.83. The molecule has 3 rings (SSSR count). The van der Waals surface area contributed by atoms with Gasteiger partial charge in [0, 0.05) is 43.5 Å². The molecule has 1 aromatic carbocycles. The Hall–Kier alpha value is -3.09. The monoisotopic (exact) mass is 367 g/mol. The Morgan fingerprint density at radius 1 is 1.04 bits per heavy atom. The second kappa shape index (κ2) is 8.07. The number of aromatic nitrogens is 2. The summed E-state index contributed by atoms with van der Waals surface area (Å²) in [5, 5.41) is 4.60. The summed E-state index contributed by atoms with van der Waals surface area (Å²) < 4.78 is 1.89. The number of para-hydroxylation sites is 1. The SMILES string of the molecule is Cc1nn(-c2ccccc2)c(C)c1/C=C/C(=O)N1CCCN(C(N)=O)CC1. The zero-order valence-corrected chi connectivity index (χ0v) is 15.8. The summed E-state index contributed by atoms with van der Waals surface area (Å²) in [6.45, 7) is 6.10. The minimum atomic E-state index is -0.431. The third kappa shape index (κ3) is 4.19. The van der Waals surface area contributed by atoms with Crippen molar-refractivity contribution < 1.29 is 9.59 Å². The number of benzene rings is 1. The highest BCUT2D eigenvalue weighted by Gasteiger charge is 2.19. The van der Waals surface area contributed by atoms with Gasteiger partial charge in [-0.25, -0.2) is 9.48 Å². The van der Waals surface area contributed by atoms with Crippen molar-refractivity contribution in [2.45, 2.75) is 20.3 Å². The van der Waals surface area contributed by atoms with E-state index in [-0.39, 0.29) is 5.91 Å². The lowest BCUT2D eigenvalue weighted by atomic mass is 10.1. The normalized spacial score (nSPS) is 15.2. The molecule has 1 aliphatic heterocycles. The third-order valence-corrected chi connectivity index (χ3v) is 4.86. The van der Waals surface area contributed by atoms with E-state index in [9.17, 15) is 9.59 Å². The van der Waals surface area contributed by atoms with Crippen LogP contribution in [0, 0.1) is 13.8 Å². The number of carbonyl (C=O) groups excluding carboxylic acids is 2. The quantitative estimate of drug-likeness (QED) is 0.843. The van der Waals surface area contributed by atoms with Crippen LogP contribution in [0.2, 0.25) is 0 Å². The van der Waals surface area contributed by atoms with Crippen LogP contribution in [0.15, 0.2) is 36.4 Å². The highest BCUT2D eigenvalue weighted by atomic mass is 16.2. The van der Waals surface area contributed by atoms with Crippen LogP contribution in [0.1, 0.15) is 23.4 Å². The van der Waals surface area contributed by atoms with Crippen molar-refractivity contribution in [3.63, 3.8) is 0 Å². The lowest BCUT2D eigenvalue weighted by Crippen LogP contribution is -2.39. The van der Waals surface area contributed by atoms with E-state index in [1.165, 1.54) is 0 Å². The fourth-order valence-corrected chi connectivity index (χ4v) is 3.33. The Balaban J connectivity index is 1.73. The Labute approximate surface area is 159 Å². The van der Waals surface area contributed by atoms with Gasteiger partial charge in [-0.05, 0) is 38.5 Å². The smallest absolute Gasteiger partial charge is 0.314 e. The predicted octanol–water partition coefficient (Wildman–Crippen LogP) is 2.12. The molecule has 142 valence electrons. The Morgan fingerprint density at radius 2 is 1.70 bits per heavy atom. The van der Waals surface area contributed by atoms with Crippen molar-refractivity contribution in [3.8, 4) is 5.69 Å². The van der Waals surface area contributed by atoms with Gasteiger partial charge in [0.05, 0.1) is 11.4 Å². The van der Waals surface area contributed by atoms with Gasteiger partial charge in [0.2, 0.25) is 5.91 Å². The molecule has 1 aromatic heterocycles. The van der Waals surface area contributed by atoms with Crippen LogP contribution in [-0.2, 0) is 4.79 Å². The second-order valence-corrected chi connectivity index (χ2v) is 6.67. The third-order valence-electron chi connectivity index (χ3n) is 4.86. The molecule has 0 radical (unpaired) electrons. The highest BCUT2D eigenvalue weighted by Crippen LogP contribution is 2.19. The molecule has 27 heavy (non-hydrogen) atoms. The van der Waals surface area contributed by atoms with Crippen LogP contribution in [0.4, 0.5) is 4.79 Å². The topological polar surface area (TPSA) is 84.5 Å². The van der Waals surface area contributed by atoms with Crippen LogP contribution in [0.3, 0.4) is 0 Å². The first kappa shape index (κ1) is 18.7.